The molecule has 7 heteroatoms. The Morgan fingerprint density at radius 3 is 2.50 bits per heavy atom. The Balaban J connectivity index is 1.90. The summed E-state index contributed by atoms with van der Waals surface area (Å²) in [5.74, 6) is -0.343. The Morgan fingerprint density at radius 2 is 1.88 bits per heavy atom. The zero-order valence-corrected chi connectivity index (χ0v) is 15.8. The van der Waals surface area contributed by atoms with E-state index in [4.69, 9.17) is 0 Å². The summed E-state index contributed by atoms with van der Waals surface area (Å²) >= 11 is 0. The van der Waals surface area contributed by atoms with Gasteiger partial charge in [0.05, 0.1) is 6.54 Å². The molecule has 142 valence electrons. The van der Waals surface area contributed by atoms with Gasteiger partial charge in [-0.15, -0.1) is 0 Å². The van der Waals surface area contributed by atoms with Crippen molar-refractivity contribution in [3.05, 3.63) is 30.3 Å². The number of benzene rings is 1. The van der Waals surface area contributed by atoms with Crippen molar-refractivity contribution >= 4 is 23.4 Å². The lowest BCUT2D eigenvalue weighted by Crippen LogP contribution is -2.61. The topological polar surface area (TPSA) is 73.0 Å². The molecule has 0 aliphatic carbocycles. The van der Waals surface area contributed by atoms with Crippen LogP contribution in [0.15, 0.2) is 30.3 Å². The van der Waals surface area contributed by atoms with Crippen LogP contribution in [-0.4, -0.2) is 73.8 Å². The molecule has 1 N–H and O–H groups in total. The van der Waals surface area contributed by atoms with Gasteiger partial charge in [0.2, 0.25) is 17.7 Å². The molecule has 0 bridgehead atoms. The third-order valence-corrected chi connectivity index (χ3v) is 4.78. The minimum absolute atomic E-state index is 0.0386. The van der Waals surface area contributed by atoms with Gasteiger partial charge in [-0.05, 0) is 18.6 Å². The molecule has 0 aromatic heterocycles. The number of piperazine rings is 1. The summed E-state index contributed by atoms with van der Waals surface area (Å²) in [6, 6.07) is 9.39. The Hall–Kier alpha value is -2.57. The number of nitrogens with zero attached hydrogens (tertiary/aromatic N) is 3. The highest BCUT2D eigenvalue weighted by Crippen LogP contribution is 2.15. The van der Waals surface area contributed by atoms with Gasteiger partial charge < -0.3 is 20.0 Å². The normalized spacial score (nSPS) is 17.0. The highest BCUT2D eigenvalue weighted by Gasteiger charge is 2.35. The molecule has 1 atom stereocenters. The van der Waals surface area contributed by atoms with Crippen LogP contribution in [0.5, 0.6) is 0 Å². The molecule has 1 heterocycles. The molecular formula is C19H28N4O3. The van der Waals surface area contributed by atoms with Gasteiger partial charge in [-0.25, -0.2) is 0 Å². The van der Waals surface area contributed by atoms with E-state index in [0.717, 1.165) is 12.2 Å². The van der Waals surface area contributed by atoms with Gasteiger partial charge in [0.1, 0.15) is 6.04 Å². The number of hydrogen-bond acceptors (Lipinski definition) is 4. The smallest absolute Gasteiger partial charge is 0.244 e. The van der Waals surface area contributed by atoms with Gasteiger partial charge >= 0.3 is 0 Å². The third-order valence-electron chi connectivity index (χ3n) is 4.78. The Bertz CT molecular complexity index is 635. The van der Waals surface area contributed by atoms with Crippen molar-refractivity contribution in [2.75, 3.05) is 45.2 Å². The molecule has 3 amide bonds. The van der Waals surface area contributed by atoms with Gasteiger partial charge in [0.25, 0.3) is 0 Å². The van der Waals surface area contributed by atoms with E-state index < -0.39 is 6.04 Å². The van der Waals surface area contributed by atoms with Crippen molar-refractivity contribution in [2.45, 2.75) is 25.8 Å². The van der Waals surface area contributed by atoms with Crippen molar-refractivity contribution in [3.63, 3.8) is 0 Å². The fraction of sp³-hybridized carbons (Fsp3) is 0.526. The molecule has 1 fully saturated rings. The first-order valence-electron chi connectivity index (χ1n) is 8.96. The molecule has 0 spiro atoms. The zero-order valence-electron chi connectivity index (χ0n) is 15.8. The predicted molar refractivity (Wildman–Crippen MR) is 101 cm³/mol. The molecule has 0 radical (unpaired) electrons. The number of carbonyl (C=O) groups excluding carboxylic acids is 3. The molecule has 1 aromatic carbocycles. The second kappa shape index (κ2) is 9.22. The molecule has 1 aliphatic rings. The summed E-state index contributed by atoms with van der Waals surface area (Å²) in [5.41, 5.74) is 1.11. The SMILES string of the molecule is CNC(=O)C1CN(C(C)=O)CCN1C(=O)CCCN(C)c1ccccc1. The number of likely N-dealkylation sites (N-methyl/N-ethyl adjacent to an activating group) is 1. The summed E-state index contributed by atoms with van der Waals surface area (Å²) < 4.78 is 0. The first kappa shape index (κ1) is 19.8. The number of para-hydroxylation sites is 1. The van der Waals surface area contributed by atoms with Crippen LogP contribution >= 0.6 is 0 Å². The number of carbonyl (C=O) groups is 3. The Kier molecular flexibility index (Phi) is 7.00. The number of anilines is 1. The molecule has 1 unspecified atom stereocenters. The number of hydrogen-bond donors (Lipinski definition) is 1. The number of nitrogens with one attached hydrogen (secondary N) is 1. The van der Waals surface area contributed by atoms with E-state index in [1.54, 1.807) is 16.8 Å². The number of rotatable bonds is 6. The minimum Gasteiger partial charge on any atom is -0.375 e. The van der Waals surface area contributed by atoms with E-state index in [2.05, 4.69) is 10.2 Å². The maximum absolute atomic E-state index is 12.6. The number of amides is 3. The average Bonchev–Trinajstić information content (AvgIpc) is 2.67. The van der Waals surface area contributed by atoms with Gasteiger partial charge in [-0.1, -0.05) is 18.2 Å². The van der Waals surface area contributed by atoms with Gasteiger partial charge in [0.15, 0.2) is 0 Å². The molecule has 26 heavy (non-hydrogen) atoms. The van der Waals surface area contributed by atoms with Crippen LogP contribution < -0.4 is 10.2 Å². The summed E-state index contributed by atoms with van der Waals surface area (Å²) in [5, 5.41) is 2.60. The van der Waals surface area contributed by atoms with Crippen molar-refractivity contribution < 1.29 is 14.4 Å². The third kappa shape index (κ3) is 4.97. The molecule has 7 nitrogen and oxygen atoms in total. The first-order chi connectivity index (χ1) is 12.4. The predicted octanol–water partition coefficient (Wildman–Crippen LogP) is 0.708. The van der Waals surface area contributed by atoms with Crippen LogP contribution in [0, 0.1) is 0 Å². The average molecular weight is 360 g/mol. The minimum atomic E-state index is -0.614. The molecule has 1 aromatic rings. The highest BCUT2D eigenvalue weighted by atomic mass is 16.2. The van der Waals surface area contributed by atoms with E-state index in [1.165, 1.54) is 6.92 Å². The van der Waals surface area contributed by atoms with Crippen LogP contribution in [0.1, 0.15) is 19.8 Å². The summed E-state index contributed by atoms with van der Waals surface area (Å²) in [6.07, 6.45) is 1.09. The van der Waals surface area contributed by atoms with Crippen LogP contribution in [0.3, 0.4) is 0 Å². The standard InChI is InChI=1S/C19H28N4O3/c1-15(24)22-12-13-23(17(14-22)19(26)20-2)18(25)10-7-11-21(3)16-8-5-4-6-9-16/h4-6,8-9,17H,7,10-14H2,1-3H3,(H,20,26). The van der Waals surface area contributed by atoms with Crippen LogP contribution in [0.4, 0.5) is 5.69 Å². The van der Waals surface area contributed by atoms with Crippen LogP contribution in [0.25, 0.3) is 0 Å². The lowest BCUT2D eigenvalue weighted by molar-refractivity contribution is -0.147. The van der Waals surface area contributed by atoms with E-state index in [-0.39, 0.29) is 24.3 Å². The van der Waals surface area contributed by atoms with Crippen molar-refractivity contribution in [1.82, 2.24) is 15.1 Å². The summed E-state index contributed by atoms with van der Waals surface area (Å²) in [6.45, 7) is 3.36. The molecular weight excluding hydrogens is 332 g/mol. The van der Waals surface area contributed by atoms with E-state index >= 15 is 0 Å². The Morgan fingerprint density at radius 1 is 1.19 bits per heavy atom. The first-order valence-corrected chi connectivity index (χ1v) is 8.96. The van der Waals surface area contributed by atoms with Gasteiger partial charge in [0, 0.05) is 52.8 Å². The summed E-state index contributed by atoms with van der Waals surface area (Å²) in [7, 11) is 3.55. The highest BCUT2D eigenvalue weighted by molar-refractivity contribution is 5.88. The van der Waals surface area contributed by atoms with Crippen molar-refractivity contribution in [2.24, 2.45) is 0 Å². The molecule has 1 saturated heterocycles. The fourth-order valence-corrected chi connectivity index (χ4v) is 3.18. The lowest BCUT2D eigenvalue weighted by atomic mass is 10.1. The van der Waals surface area contributed by atoms with E-state index in [1.807, 2.05) is 37.4 Å². The van der Waals surface area contributed by atoms with Crippen molar-refractivity contribution in [1.29, 1.82) is 0 Å². The Labute approximate surface area is 154 Å². The largest absolute Gasteiger partial charge is 0.375 e. The van der Waals surface area contributed by atoms with E-state index in [0.29, 0.717) is 25.9 Å². The summed E-state index contributed by atoms with van der Waals surface area (Å²) in [4.78, 5) is 41.8. The van der Waals surface area contributed by atoms with Crippen LogP contribution in [0.2, 0.25) is 0 Å². The molecule has 1 aliphatic heterocycles. The molecule has 0 saturated carbocycles. The zero-order chi connectivity index (χ0) is 19.1. The fourth-order valence-electron chi connectivity index (χ4n) is 3.18. The van der Waals surface area contributed by atoms with E-state index in [9.17, 15) is 14.4 Å². The van der Waals surface area contributed by atoms with Crippen molar-refractivity contribution in [3.8, 4) is 0 Å². The monoisotopic (exact) mass is 360 g/mol. The second-order valence-electron chi connectivity index (χ2n) is 6.54. The second-order valence-corrected chi connectivity index (χ2v) is 6.54. The molecule has 2 rings (SSSR count). The maximum Gasteiger partial charge on any atom is 0.244 e. The quantitative estimate of drug-likeness (QED) is 0.811. The maximum atomic E-state index is 12.6. The van der Waals surface area contributed by atoms with Crippen LogP contribution in [-0.2, 0) is 14.4 Å². The lowest BCUT2D eigenvalue weighted by Gasteiger charge is -2.40. The van der Waals surface area contributed by atoms with Gasteiger partial charge in [-0.2, -0.15) is 0 Å². The van der Waals surface area contributed by atoms with Gasteiger partial charge in [-0.3, -0.25) is 14.4 Å².